The van der Waals surface area contributed by atoms with Crippen LogP contribution in [0.15, 0.2) is 43.0 Å². The highest BCUT2D eigenvalue weighted by molar-refractivity contribution is 5.51. The van der Waals surface area contributed by atoms with Crippen molar-refractivity contribution in [3.05, 3.63) is 54.1 Å². The third kappa shape index (κ3) is 2.90. The molecule has 0 heteroatoms. The van der Waals surface area contributed by atoms with Gasteiger partial charge in [-0.25, -0.2) is 0 Å². The molecule has 0 atom stereocenters. The van der Waals surface area contributed by atoms with Gasteiger partial charge in [0.15, 0.2) is 0 Å². The van der Waals surface area contributed by atoms with Crippen molar-refractivity contribution in [3.8, 4) is 0 Å². The highest BCUT2D eigenvalue weighted by Gasteiger charge is 1.96. The number of rotatable bonds is 3. The Bertz CT molecular complexity index is 288. The van der Waals surface area contributed by atoms with Crippen molar-refractivity contribution >= 4 is 6.08 Å². The molecule has 0 N–H and O–H groups in total. The number of hydrogen-bond acceptors (Lipinski definition) is 0. The molecule has 0 nitrogen and oxygen atoms in total. The van der Waals surface area contributed by atoms with Crippen molar-refractivity contribution < 1.29 is 0 Å². The van der Waals surface area contributed by atoms with Crippen molar-refractivity contribution in [3.63, 3.8) is 0 Å². The quantitative estimate of drug-likeness (QED) is 0.604. The van der Waals surface area contributed by atoms with E-state index in [1.807, 2.05) is 6.08 Å². The molecule has 1 aromatic rings. The Morgan fingerprint density at radius 1 is 1.15 bits per heavy atom. The van der Waals surface area contributed by atoms with Crippen LogP contribution < -0.4 is 0 Å². The number of benzene rings is 1. The summed E-state index contributed by atoms with van der Waals surface area (Å²) in [6.07, 6.45) is 5.79. The molecule has 0 spiro atoms. The van der Waals surface area contributed by atoms with Gasteiger partial charge in [0.05, 0.1) is 0 Å². The maximum atomic E-state index is 3.63. The van der Waals surface area contributed by atoms with Gasteiger partial charge in [-0.05, 0) is 17.0 Å². The lowest BCUT2D eigenvalue weighted by molar-refractivity contribution is 0.866. The summed E-state index contributed by atoms with van der Waals surface area (Å²) < 4.78 is 0. The first-order valence-electron chi connectivity index (χ1n) is 4.63. The van der Waals surface area contributed by atoms with Crippen LogP contribution in [-0.2, 0) is 0 Å². The second-order valence-electron chi connectivity index (χ2n) is 3.42. The smallest absolute Gasteiger partial charge is 0.0219 e. The van der Waals surface area contributed by atoms with Gasteiger partial charge >= 0.3 is 0 Å². The number of hydrogen-bond donors (Lipinski definition) is 0. The Kier molecular flexibility index (Phi) is 3.51. The van der Waals surface area contributed by atoms with Gasteiger partial charge in [0.1, 0.15) is 0 Å². The minimum absolute atomic E-state index is 0.609. The van der Waals surface area contributed by atoms with Crippen molar-refractivity contribution in [2.24, 2.45) is 0 Å². The zero-order valence-corrected chi connectivity index (χ0v) is 8.33. The van der Waals surface area contributed by atoms with Gasteiger partial charge in [-0.15, -0.1) is 0 Å². The summed E-state index contributed by atoms with van der Waals surface area (Å²) in [4.78, 5) is 0. The Labute approximate surface area is 80.6 Å². The fourth-order valence-electron chi connectivity index (χ4n) is 1.17. The fourth-order valence-corrected chi connectivity index (χ4v) is 1.17. The predicted octanol–water partition coefficient (Wildman–Crippen LogP) is 4.01. The Morgan fingerprint density at radius 3 is 2.23 bits per heavy atom. The fraction of sp³-hybridized carbons (Fsp3) is 0.231. The summed E-state index contributed by atoms with van der Waals surface area (Å²) in [6, 6.07) is 8.62. The molecule has 0 saturated carbocycles. The van der Waals surface area contributed by atoms with E-state index in [2.05, 4.69) is 50.8 Å². The predicted molar refractivity (Wildman–Crippen MR) is 59.8 cm³/mol. The number of allylic oxidation sites excluding steroid dienone is 2. The highest BCUT2D eigenvalue weighted by Crippen LogP contribution is 2.15. The van der Waals surface area contributed by atoms with E-state index in [1.165, 1.54) is 11.1 Å². The van der Waals surface area contributed by atoms with Gasteiger partial charge in [-0.1, -0.05) is 62.9 Å². The molecule has 1 rings (SSSR count). The van der Waals surface area contributed by atoms with Crippen LogP contribution in [0.4, 0.5) is 0 Å². The van der Waals surface area contributed by atoms with Gasteiger partial charge in [0, 0.05) is 0 Å². The normalized spacial score (nSPS) is 11.0. The molecule has 0 aromatic heterocycles. The van der Waals surface area contributed by atoms with E-state index in [0.717, 1.165) is 0 Å². The average molecular weight is 172 g/mol. The van der Waals surface area contributed by atoms with Crippen LogP contribution in [0.3, 0.4) is 0 Å². The minimum Gasteiger partial charge on any atom is -0.0991 e. The van der Waals surface area contributed by atoms with Crippen molar-refractivity contribution in [1.29, 1.82) is 0 Å². The molecule has 0 aliphatic heterocycles. The van der Waals surface area contributed by atoms with Crippen molar-refractivity contribution in [2.45, 2.75) is 19.8 Å². The molecule has 0 aliphatic rings. The zero-order valence-electron chi connectivity index (χ0n) is 8.33. The lowest BCUT2D eigenvalue weighted by Gasteiger charge is -2.04. The summed E-state index contributed by atoms with van der Waals surface area (Å²) in [7, 11) is 0. The van der Waals surface area contributed by atoms with Gasteiger partial charge in [0.2, 0.25) is 0 Å². The molecule has 0 amide bonds. The molecule has 0 saturated heterocycles. The van der Waals surface area contributed by atoms with Crippen LogP contribution in [0.1, 0.15) is 30.9 Å². The van der Waals surface area contributed by atoms with Crippen LogP contribution >= 0.6 is 0 Å². The first-order chi connectivity index (χ1) is 6.24. The molecule has 0 radical (unpaired) electrons. The summed E-state index contributed by atoms with van der Waals surface area (Å²) in [5.74, 6) is 0.609. The van der Waals surface area contributed by atoms with E-state index in [4.69, 9.17) is 0 Å². The Hall–Kier alpha value is -1.30. The molecular weight excluding hydrogens is 156 g/mol. The molecule has 0 heterocycles. The minimum atomic E-state index is 0.609. The molecule has 68 valence electrons. The van der Waals surface area contributed by atoms with Gasteiger partial charge in [0.25, 0.3) is 0 Å². The summed E-state index contributed by atoms with van der Waals surface area (Å²) in [5.41, 5.74) is 2.61. The van der Waals surface area contributed by atoms with E-state index >= 15 is 0 Å². The van der Waals surface area contributed by atoms with Crippen LogP contribution in [0.2, 0.25) is 0 Å². The van der Waals surface area contributed by atoms with E-state index in [9.17, 15) is 0 Å². The van der Waals surface area contributed by atoms with Crippen LogP contribution in [0, 0.1) is 0 Å². The van der Waals surface area contributed by atoms with Gasteiger partial charge < -0.3 is 0 Å². The van der Waals surface area contributed by atoms with Crippen LogP contribution in [0.25, 0.3) is 6.08 Å². The second-order valence-corrected chi connectivity index (χ2v) is 3.42. The molecule has 0 unspecified atom stereocenters. The third-order valence-corrected chi connectivity index (χ3v) is 2.03. The Balaban J connectivity index is 2.81. The van der Waals surface area contributed by atoms with E-state index in [1.54, 1.807) is 6.08 Å². The molecule has 0 aliphatic carbocycles. The monoisotopic (exact) mass is 172 g/mol. The van der Waals surface area contributed by atoms with Crippen molar-refractivity contribution in [2.75, 3.05) is 0 Å². The summed E-state index contributed by atoms with van der Waals surface area (Å²) >= 11 is 0. The Morgan fingerprint density at radius 2 is 1.77 bits per heavy atom. The van der Waals surface area contributed by atoms with E-state index < -0.39 is 0 Å². The standard InChI is InChI=1S/C13H16/c1-4-5-6-12-7-9-13(10-8-12)11(2)3/h4-11H,1H2,2-3H3/b6-5+. The molecule has 1 aromatic carbocycles. The maximum absolute atomic E-state index is 3.63. The SMILES string of the molecule is C=C/C=C/c1ccc(C(C)C)cc1. The van der Waals surface area contributed by atoms with E-state index in [-0.39, 0.29) is 0 Å². The summed E-state index contributed by atoms with van der Waals surface area (Å²) in [5, 5.41) is 0. The molecule has 13 heavy (non-hydrogen) atoms. The topological polar surface area (TPSA) is 0 Å². The molecule has 0 fully saturated rings. The second kappa shape index (κ2) is 4.66. The maximum Gasteiger partial charge on any atom is -0.0219 e. The lowest BCUT2D eigenvalue weighted by atomic mass is 10.0. The van der Waals surface area contributed by atoms with Gasteiger partial charge in [-0.3, -0.25) is 0 Å². The van der Waals surface area contributed by atoms with Crippen molar-refractivity contribution in [1.82, 2.24) is 0 Å². The lowest BCUT2D eigenvalue weighted by Crippen LogP contribution is -1.85. The average Bonchev–Trinajstić information content (AvgIpc) is 2.15. The van der Waals surface area contributed by atoms with Gasteiger partial charge in [-0.2, -0.15) is 0 Å². The van der Waals surface area contributed by atoms with E-state index in [0.29, 0.717) is 5.92 Å². The molecular formula is C13H16. The highest BCUT2D eigenvalue weighted by atomic mass is 14.0. The zero-order chi connectivity index (χ0) is 9.68. The van der Waals surface area contributed by atoms with Crippen LogP contribution in [-0.4, -0.2) is 0 Å². The first-order valence-corrected chi connectivity index (χ1v) is 4.63. The van der Waals surface area contributed by atoms with Crippen LogP contribution in [0.5, 0.6) is 0 Å². The third-order valence-electron chi connectivity index (χ3n) is 2.03. The first kappa shape index (κ1) is 9.79. The molecule has 0 bridgehead atoms. The largest absolute Gasteiger partial charge is 0.0991 e. The summed E-state index contributed by atoms with van der Waals surface area (Å²) in [6.45, 7) is 8.04.